The van der Waals surface area contributed by atoms with Crippen LogP contribution in [0.4, 0.5) is 0 Å². The molecule has 0 bridgehead atoms. The first-order valence-electron chi connectivity index (χ1n) is 9.44. The van der Waals surface area contributed by atoms with Gasteiger partial charge in [0.05, 0.1) is 25.6 Å². The molecule has 0 aromatic heterocycles. The molecule has 2 aromatic rings. The molecule has 1 heterocycles. The van der Waals surface area contributed by atoms with E-state index in [9.17, 15) is 9.59 Å². The van der Waals surface area contributed by atoms with Gasteiger partial charge in [-0.2, -0.15) is 0 Å². The summed E-state index contributed by atoms with van der Waals surface area (Å²) in [4.78, 5) is 26.7. The lowest BCUT2D eigenvalue weighted by atomic mass is 10.0. The number of nitrogens with one attached hydrogen (secondary N) is 1. The van der Waals surface area contributed by atoms with Crippen LogP contribution >= 0.6 is 11.6 Å². The molecular weight excluding hydrogens is 376 g/mol. The van der Waals surface area contributed by atoms with E-state index in [2.05, 4.69) is 5.32 Å². The molecule has 0 aliphatic carbocycles. The Morgan fingerprint density at radius 2 is 1.86 bits per heavy atom. The van der Waals surface area contributed by atoms with E-state index in [4.69, 9.17) is 16.3 Å². The molecule has 1 aliphatic rings. The van der Waals surface area contributed by atoms with E-state index < -0.39 is 0 Å². The Labute approximate surface area is 170 Å². The number of nitrogens with zero attached hydrogens (tertiary/aromatic N) is 1. The minimum Gasteiger partial charge on any atom is -0.497 e. The first-order valence-corrected chi connectivity index (χ1v) is 9.81. The summed E-state index contributed by atoms with van der Waals surface area (Å²) in [6.07, 6.45) is 2.12. The highest BCUT2D eigenvalue weighted by Crippen LogP contribution is 2.34. The van der Waals surface area contributed by atoms with Crippen molar-refractivity contribution in [2.45, 2.75) is 38.3 Å². The quantitative estimate of drug-likeness (QED) is 0.787. The topological polar surface area (TPSA) is 58.6 Å². The van der Waals surface area contributed by atoms with Crippen molar-refractivity contribution >= 4 is 23.4 Å². The number of ether oxygens (including phenoxy) is 1. The standard InChI is InChI=1S/C22H25ClN2O3/c1-15(26)24-20(16-5-9-18(23)10-6-16)14-22(27)25-13-3-4-21(25)17-7-11-19(28-2)12-8-17/h5-12,20-21H,3-4,13-14H2,1-2H3,(H,24,26)/t20-,21-/m1/s1. The summed E-state index contributed by atoms with van der Waals surface area (Å²) in [6.45, 7) is 2.19. The molecule has 5 nitrogen and oxygen atoms in total. The second-order valence-corrected chi connectivity index (χ2v) is 7.46. The van der Waals surface area contributed by atoms with Crippen molar-refractivity contribution in [3.8, 4) is 5.75 Å². The maximum absolute atomic E-state index is 13.1. The number of amides is 2. The molecule has 3 rings (SSSR count). The highest BCUT2D eigenvalue weighted by atomic mass is 35.5. The summed E-state index contributed by atoms with van der Waals surface area (Å²) in [5.41, 5.74) is 1.97. The predicted octanol–water partition coefficient (Wildman–Crippen LogP) is 4.28. The van der Waals surface area contributed by atoms with Crippen molar-refractivity contribution in [2.75, 3.05) is 13.7 Å². The Kier molecular flexibility index (Phi) is 6.57. The van der Waals surface area contributed by atoms with Gasteiger partial charge in [-0.1, -0.05) is 35.9 Å². The molecule has 2 amide bonds. The van der Waals surface area contributed by atoms with Crippen LogP contribution in [0.25, 0.3) is 0 Å². The second kappa shape index (κ2) is 9.11. The number of benzene rings is 2. The van der Waals surface area contributed by atoms with Gasteiger partial charge in [0.15, 0.2) is 0 Å². The third-order valence-electron chi connectivity index (χ3n) is 5.10. The zero-order chi connectivity index (χ0) is 20.1. The van der Waals surface area contributed by atoms with Gasteiger partial charge in [-0.15, -0.1) is 0 Å². The van der Waals surface area contributed by atoms with Gasteiger partial charge in [-0.3, -0.25) is 9.59 Å². The lowest BCUT2D eigenvalue weighted by molar-refractivity contribution is -0.133. The van der Waals surface area contributed by atoms with Crippen molar-refractivity contribution in [3.63, 3.8) is 0 Å². The van der Waals surface area contributed by atoms with Crippen LogP contribution in [0, 0.1) is 0 Å². The van der Waals surface area contributed by atoms with E-state index >= 15 is 0 Å². The zero-order valence-corrected chi connectivity index (χ0v) is 16.9. The minimum atomic E-state index is -0.376. The third-order valence-corrected chi connectivity index (χ3v) is 5.35. The molecule has 28 heavy (non-hydrogen) atoms. The fourth-order valence-corrected chi connectivity index (χ4v) is 3.85. The molecule has 1 N–H and O–H groups in total. The lowest BCUT2D eigenvalue weighted by Gasteiger charge is -2.28. The molecule has 2 atom stereocenters. The maximum atomic E-state index is 13.1. The summed E-state index contributed by atoms with van der Waals surface area (Å²) >= 11 is 5.97. The van der Waals surface area contributed by atoms with E-state index in [1.54, 1.807) is 19.2 Å². The van der Waals surface area contributed by atoms with E-state index in [-0.39, 0.29) is 30.3 Å². The Morgan fingerprint density at radius 1 is 1.18 bits per heavy atom. The molecule has 0 saturated carbocycles. The van der Waals surface area contributed by atoms with Crippen LogP contribution in [0.2, 0.25) is 5.02 Å². The van der Waals surface area contributed by atoms with Crippen molar-refractivity contribution in [1.29, 1.82) is 0 Å². The summed E-state index contributed by atoms with van der Waals surface area (Å²) in [5.74, 6) is 0.668. The molecule has 1 fully saturated rings. The van der Waals surface area contributed by atoms with Crippen molar-refractivity contribution in [1.82, 2.24) is 10.2 Å². The van der Waals surface area contributed by atoms with Crippen LogP contribution < -0.4 is 10.1 Å². The molecule has 0 spiro atoms. The van der Waals surface area contributed by atoms with Gasteiger partial charge in [0.25, 0.3) is 0 Å². The number of likely N-dealkylation sites (tertiary alicyclic amines) is 1. The van der Waals surface area contributed by atoms with E-state index in [0.29, 0.717) is 5.02 Å². The van der Waals surface area contributed by atoms with Crippen LogP contribution in [0.3, 0.4) is 0 Å². The minimum absolute atomic E-state index is 0.0343. The summed E-state index contributed by atoms with van der Waals surface area (Å²) in [6, 6.07) is 14.8. The fraction of sp³-hybridized carbons (Fsp3) is 0.364. The van der Waals surface area contributed by atoms with Crippen molar-refractivity contribution < 1.29 is 14.3 Å². The maximum Gasteiger partial charge on any atom is 0.225 e. The zero-order valence-electron chi connectivity index (χ0n) is 16.2. The lowest BCUT2D eigenvalue weighted by Crippen LogP contribution is -2.35. The molecule has 0 unspecified atom stereocenters. The Hall–Kier alpha value is -2.53. The number of hydrogen-bond acceptors (Lipinski definition) is 3. The normalized spacial score (nSPS) is 17.2. The molecular formula is C22H25ClN2O3. The van der Waals surface area contributed by atoms with Gasteiger partial charge in [-0.05, 0) is 48.2 Å². The molecule has 6 heteroatoms. The van der Waals surface area contributed by atoms with E-state index in [1.807, 2.05) is 41.3 Å². The SMILES string of the molecule is COc1ccc([C@H]2CCCN2C(=O)C[C@@H](NC(C)=O)c2ccc(Cl)cc2)cc1. The molecule has 2 aromatic carbocycles. The summed E-state index contributed by atoms with van der Waals surface area (Å²) in [5, 5.41) is 3.51. The predicted molar refractivity (Wildman–Crippen MR) is 109 cm³/mol. The monoisotopic (exact) mass is 400 g/mol. The largest absolute Gasteiger partial charge is 0.497 e. The smallest absolute Gasteiger partial charge is 0.225 e. The van der Waals surface area contributed by atoms with Crippen LogP contribution in [0.5, 0.6) is 5.75 Å². The second-order valence-electron chi connectivity index (χ2n) is 7.03. The number of halogens is 1. The van der Waals surface area contributed by atoms with Gasteiger partial charge >= 0.3 is 0 Å². The highest BCUT2D eigenvalue weighted by Gasteiger charge is 2.31. The van der Waals surface area contributed by atoms with E-state index in [1.165, 1.54) is 6.92 Å². The average Bonchev–Trinajstić information content (AvgIpc) is 3.18. The van der Waals surface area contributed by atoms with Crippen LogP contribution in [-0.2, 0) is 9.59 Å². The molecule has 148 valence electrons. The van der Waals surface area contributed by atoms with Gasteiger partial charge in [0, 0.05) is 18.5 Å². The summed E-state index contributed by atoms with van der Waals surface area (Å²) in [7, 11) is 1.64. The highest BCUT2D eigenvalue weighted by molar-refractivity contribution is 6.30. The van der Waals surface area contributed by atoms with Crippen LogP contribution in [-0.4, -0.2) is 30.4 Å². The number of hydrogen-bond donors (Lipinski definition) is 1. The summed E-state index contributed by atoms with van der Waals surface area (Å²) < 4.78 is 5.22. The molecule has 0 radical (unpaired) electrons. The Balaban J connectivity index is 1.75. The molecule has 1 aliphatic heterocycles. The van der Waals surface area contributed by atoms with E-state index in [0.717, 1.165) is 36.3 Å². The number of rotatable bonds is 6. The van der Waals surface area contributed by atoms with Crippen LogP contribution in [0.15, 0.2) is 48.5 Å². The molecule has 1 saturated heterocycles. The fourth-order valence-electron chi connectivity index (χ4n) is 3.72. The average molecular weight is 401 g/mol. The van der Waals surface area contributed by atoms with Gasteiger partial charge in [-0.25, -0.2) is 0 Å². The number of carbonyl (C=O) groups excluding carboxylic acids is 2. The Bertz CT molecular complexity index is 821. The number of carbonyl (C=O) groups is 2. The van der Waals surface area contributed by atoms with Crippen molar-refractivity contribution in [2.24, 2.45) is 0 Å². The van der Waals surface area contributed by atoms with Crippen molar-refractivity contribution in [3.05, 3.63) is 64.7 Å². The first-order chi connectivity index (χ1) is 13.5. The van der Waals surface area contributed by atoms with Gasteiger partial charge < -0.3 is 15.0 Å². The Morgan fingerprint density at radius 3 is 2.46 bits per heavy atom. The third kappa shape index (κ3) is 4.84. The van der Waals surface area contributed by atoms with Gasteiger partial charge in [0.1, 0.15) is 5.75 Å². The number of methoxy groups -OCH3 is 1. The first kappa shape index (κ1) is 20.2. The van der Waals surface area contributed by atoms with Gasteiger partial charge in [0.2, 0.25) is 11.8 Å². The van der Waals surface area contributed by atoms with Crippen LogP contribution in [0.1, 0.15) is 49.4 Å².